The van der Waals surface area contributed by atoms with Crippen LogP contribution in [0.25, 0.3) is 0 Å². The third kappa shape index (κ3) is 10.7. The van der Waals surface area contributed by atoms with Gasteiger partial charge in [0.15, 0.2) is 17.5 Å². The maximum atomic E-state index is 15.9. The van der Waals surface area contributed by atoms with E-state index in [0.717, 1.165) is 19.4 Å². The number of rotatable bonds is 16. The number of aliphatic hydroxyl groups is 2. The van der Waals surface area contributed by atoms with Crippen LogP contribution in [0.3, 0.4) is 0 Å². The minimum atomic E-state index is -3.04. The Morgan fingerprint density at radius 1 is 0.904 bits per heavy atom. The van der Waals surface area contributed by atoms with E-state index in [2.05, 4.69) is 5.32 Å². The van der Waals surface area contributed by atoms with Crippen molar-refractivity contribution >= 4 is 44.1 Å². The fourth-order valence-electron chi connectivity index (χ4n) is 12.5. The van der Waals surface area contributed by atoms with Crippen LogP contribution in [-0.2, 0) is 52.0 Å². The highest BCUT2D eigenvalue weighted by atomic mass is 28.4. The van der Waals surface area contributed by atoms with E-state index in [1.54, 1.807) is 67.5 Å². The molecule has 19 heteroatoms. The van der Waals surface area contributed by atoms with E-state index >= 15 is 14.4 Å². The molecule has 11 atom stereocenters. The van der Waals surface area contributed by atoms with Crippen molar-refractivity contribution in [3.05, 3.63) is 46.7 Å². The van der Waals surface area contributed by atoms with Crippen molar-refractivity contribution in [1.82, 2.24) is 5.32 Å². The first-order valence-electron chi connectivity index (χ1n) is 25.3. The van der Waals surface area contributed by atoms with Crippen molar-refractivity contribution < 1.29 is 81.3 Å². The molecule has 1 saturated heterocycles. The van der Waals surface area contributed by atoms with Gasteiger partial charge in [-0.1, -0.05) is 74.0 Å². The summed E-state index contributed by atoms with van der Waals surface area (Å²) in [7, 11) is -0.294. The number of allylic oxidation sites excluding steroid dienone is 2. The summed E-state index contributed by atoms with van der Waals surface area (Å²) in [5, 5.41) is 29.4. The summed E-state index contributed by atoms with van der Waals surface area (Å²) in [5.74, 6) is -7.52. The van der Waals surface area contributed by atoms with Gasteiger partial charge in [-0.25, -0.2) is 14.4 Å². The molecule has 1 unspecified atom stereocenters. The van der Waals surface area contributed by atoms with E-state index in [9.17, 15) is 24.6 Å². The summed E-state index contributed by atoms with van der Waals surface area (Å²) in [6.07, 6.45) is -7.44. The van der Waals surface area contributed by atoms with Crippen molar-refractivity contribution in [1.29, 1.82) is 0 Å². The topological polar surface area (TPSA) is 238 Å². The Bertz CT molecular complexity index is 2340. The Morgan fingerprint density at radius 2 is 1.51 bits per heavy atom. The highest BCUT2D eigenvalue weighted by molar-refractivity contribution is 6.77. The zero-order chi connectivity index (χ0) is 55.3. The van der Waals surface area contributed by atoms with Gasteiger partial charge in [0.25, 0.3) is 0 Å². The standard InChI is InChI=1S/C54H81NO17Si/c1-27(2)22-36(55-49(62)71-50(12,13)14)42(72-73(28(3)4,29(5)6)30(7)8)48(61)68-38-25-54(63)46(69-47(60)35-23-34(64-18)20-21-37(35)65-19)44-52(17,39(58)24-40-53(44,26-66-40)70-33(11)57)45(59)43(67-32(10)56)41(31(38)9)51(54,15)16/h20-23,28-31,36,38-40,42,44,46,58,63H,24-26H2,1-19H3,(H,55,62)/t31?,36-,38-,39-,40+,42+,44-,46-,52+,53-,54+/m0/s1. The summed E-state index contributed by atoms with van der Waals surface area (Å²) in [6.45, 7) is 29.1. The fourth-order valence-corrected chi connectivity index (χ4v) is 18.0. The Labute approximate surface area is 431 Å². The lowest BCUT2D eigenvalue weighted by atomic mass is 9.45. The number of amides is 1. The van der Waals surface area contributed by atoms with Gasteiger partial charge in [0.05, 0.1) is 44.3 Å². The highest BCUT2D eigenvalue weighted by Crippen LogP contribution is 2.65. The molecule has 2 saturated carbocycles. The minimum Gasteiger partial charge on any atom is -0.497 e. The van der Waals surface area contributed by atoms with Crippen molar-refractivity contribution in [2.75, 3.05) is 20.8 Å². The number of ketones is 1. The molecule has 408 valence electrons. The number of aliphatic hydroxyl groups excluding tert-OH is 1. The lowest BCUT2D eigenvalue weighted by Gasteiger charge is -2.67. The Hall–Kier alpha value is -4.82. The second-order valence-electron chi connectivity index (χ2n) is 23.2. The largest absolute Gasteiger partial charge is 0.497 e. The third-order valence-corrected chi connectivity index (χ3v) is 21.9. The number of methoxy groups -OCH3 is 2. The SMILES string of the molecule is COc1ccc(OC)c(C(=O)O[C@H]2[C@@H]3[C@]4(OC(C)=O)CO[C@@H]4C[C@H](O)[C@@]3(C)C(=O)C(OC(C)=O)=C3C(C)[C@@H](OC(=O)[C@H](O[Si](C(C)C)(C(C)C)C(C)C)[C@H](C=C(C)C)NC(=O)OC(C)(C)C)C[C@]2(O)C3(C)C)c1. The van der Waals surface area contributed by atoms with E-state index < -0.39 is 132 Å². The second kappa shape index (κ2) is 21.4. The van der Waals surface area contributed by atoms with Gasteiger partial charge < -0.3 is 57.9 Å². The molecule has 1 aromatic rings. The van der Waals surface area contributed by atoms with Crippen LogP contribution in [0.15, 0.2) is 41.2 Å². The van der Waals surface area contributed by atoms with Crippen LogP contribution in [-0.4, -0.2) is 128 Å². The molecular formula is C54H81NO17Si. The van der Waals surface area contributed by atoms with Gasteiger partial charge in [0, 0.05) is 38.0 Å². The second-order valence-corrected chi connectivity index (χ2v) is 28.6. The molecule has 2 bridgehead atoms. The smallest absolute Gasteiger partial charge is 0.408 e. The molecule has 1 heterocycles. The minimum absolute atomic E-state index is 0.0140. The molecule has 3 N–H and O–H groups in total. The molecule has 3 fully saturated rings. The Balaban J connectivity index is 1.85. The number of nitrogens with one attached hydrogen (secondary N) is 1. The molecule has 0 radical (unpaired) electrons. The molecule has 1 aliphatic heterocycles. The monoisotopic (exact) mass is 1040 g/mol. The molecule has 4 aliphatic rings. The van der Waals surface area contributed by atoms with Gasteiger partial charge in [0.2, 0.25) is 14.1 Å². The van der Waals surface area contributed by atoms with Crippen LogP contribution in [0, 0.1) is 22.7 Å². The van der Waals surface area contributed by atoms with Crippen molar-refractivity contribution in [2.45, 2.75) is 201 Å². The van der Waals surface area contributed by atoms with Gasteiger partial charge >= 0.3 is 30.0 Å². The molecule has 3 aliphatic carbocycles. The van der Waals surface area contributed by atoms with E-state index in [1.165, 1.54) is 33.3 Å². The van der Waals surface area contributed by atoms with E-state index in [-0.39, 0.29) is 52.3 Å². The zero-order valence-electron chi connectivity index (χ0n) is 46.3. The van der Waals surface area contributed by atoms with Crippen LogP contribution >= 0.6 is 0 Å². The molecule has 1 aromatic carbocycles. The van der Waals surface area contributed by atoms with Crippen LogP contribution < -0.4 is 14.8 Å². The van der Waals surface area contributed by atoms with E-state index in [4.69, 9.17) is 42.3 Å². The molecule has 18 nitrogen and oxygen atoms in total. The Morgan fingerprint density at radius 3 is 1.99 bits per heavy atom. The molecule has 1 amide bonds. The number of carbonyl (C=O) groups excluding carboxylic acids is 6. The number of ether oxygens (including phenoxy) is 8. The lowest BCUT2D eigenvalue weighted by molar-refractivity contribution is -0.345. The number of esters is 4. The summed E-state index contributed by atoms with van der Waals surface area (Å²) in [4.78, 5) is 86.8. The van der Waals surface area contributed by atoms with Crippen molar-refractivity contribution in [3.63, 3.8) is 0 Å². The van der Waals surface area contributed by atoms with Crippen molar-refractivity contribution in [2.24, 2.45) is 22.7 Å². The maximum Gasteiger partial charge on any atom is 0.408 e. The Kier molecular flexibility index (Phi) is 17.3. The summed E-state index contributed by atoms with van der Waals surface area (Å²) < 4.78 is 55.4. The highest BCUT2D eigenvalue weighted by Gasteiger charge is 2.78. The molecule has 0 spiro atoms. The predicted octanol–water partition coefficient (Wildman–Crippen LogP) is 7.85. The van der Waals surface area contributed by atoms with Gasteiger partial charge in [-0.05, 0) is 81.9 Å². The molecule has 73 heavy (non-hydrogen) atoms. The first-order chi connectivity index (χ1) is 33.6. The number of benzene rings is 1. The van der Waals surface area contributed by atoms with Crippen LogP contribution in [0.1, 0.15) is 141 Å². The van der Waals surface area contributed by atoms with Gasteiger partial charge in [-0.2, -0.15) is 0 Å². The number of carbonyl (C=O) groups is 6. The predicted molar refractivity (Wildman–Crippen MR) is 270 cm³/mol. The summed E-state index contributed by atoms with van der Waals surface area (Å²) >= 11 is 0. The molecule has 5 rings (SSSR count). The molecular weight excluding hydrogens is 963 g/mol. The van der Waals surface area contributed by atoms with Crippen LogP contribution in [0.4, 0.5) is 4.79 Å². The fraction of sp³-hybridized carbons (Fsp3) is 0.704. The summed E-state index contributed by atoms with van der Waals surface area (Å²) in [5.41, 5.74) is -8.62. The first-order valence-corrected chi connectivity index (χ1v) is 27.4. The number of Topliss-reactive ketones (excluding diaryl/α,β-unsaturated/α-hetero) is 1. The lowest BCUT2D eigenvalue weighted by Crippen LogP contribution is -2.81. The van der Waals surface area contributed by atoms with Crippen LogP contribution in [0.5, 0.6) is 11.5 Å². The van der Waals surface area contributed by atoms with Gasteiger partial charge in [-0.15, -0.1) is 0 Å². The van der Waals surface area contributed by atoms with E-state index in [0.29, 0.717) is 0 Å². The third-order valence-electron chi connectivity index (χ3n) is 15.9. The van der Waals surface area contributed by atoms with E-state index in [1.807, 2.05) is 41.5 Å². The first kappa shape index (κ1) is 59.1. The number of alkyl carbamates (subject to hydrolysis) is 1. The van der Waals surface area contributed by atoms with Crippen LogP contribution in [0.2, 0.25) is 16.6 Å². The normalized spacial score (nSPS) is 29.5. The summed E-state index contributed by atoms with van der Waals surface area (Å²) in [6, 6.07) is 3.26. The average molecular weight is 1040 g/mol. The number of fused-ring (bicyclic) bond motifs is 5. The number of hydrogen-bond acceptors (Lipinski definition) is 17. The maximum absolute atomic E-state index is 15.9. The molecule has 0 aromatic heterocycles. The van der Waals surface area contributed by atoms with Gasteiger partial charge in [0.1, 0.15) is 46.6 Å². The van der Waals surface area contributed by atoms with Crippen molar-refractivity contribution in [3.8, 4) is 11.5 Å². The zero-order valence-corrected chi connectivity index (χ0v) is 47.3. The quantitative estimate of drug-likeness (QED) is 0.0618. The number of hydrogen-bond donors (Lipinski definition) is 3. The average Bonchev–Trinajstić information content (AvgIpc) is 3.25. The van der Waals surface area contributed by atoms with Gasteiger partial charge in [-0.3, -0.25) is 14.4 Å².